The van der Waals surface area contributed by atoms with Crippen molar-refractivity contribution in [3.63, 3.8) is 0 Å². The number of carbonyl (C=O) groups excluding carboxylic acids is 2. The molecule has 1 unspecified atom stereocenters. The summed E-state index contributed by atoms with van der Waals surface area (Å²) in [5.74, 6) is -0.694. The molecule has 1 atom stereocenters. The molecule has 0 saturated heterocycles. The molecule has 2 N–H and O–H groups in total. The van der Waals surface area contributed by atoms with Crippen LogP contribution in [-0.4, -0.2) is 31.1 Å². The number of rotatable bonds is 8. The highest BCUT2D eigenvalue weighted by molar-refractivity contribution is 7.90. The molecule has 0 saturated carbocycles. The van der Waals surface area contributed by atoms with E-state index in [0.717, 1.165) is 22.9 Å². The first-order chi connectivity index (χ1) is 17.7. The second-order valence-electron chi connectivity index (χ2n) is 8.87. The van der Waals surface area contributed by atoms with Gasteiger partial charge in [0.1, 0.15) is 6.10 Å². The van der Waals surface area contributed by atoms with Crippen LogP contribution in [0, 0.1) is 6.92 Å². The van der Waals surface area contributed by atoms with Crippen LogP contribution in [0.3, 0.4) is 0 Å². The van der Waals surface area contributed by atoms with Crippen LogP contribution in [0.2, 0.25) is 0 Å². The molecule has 0 spiro atoms. The zero-order valence-electron chi connectivity index (χ0n) is 20.9. The van der Waals surface area contributed by atoms with Crippen molar-refractivity contribution in [3.05, 3.63) is 95.7 Å². The van der Waals surface area contributed by atoms with Crippen molar-refractivity contribution in [2.75, 3.05) is 5.32 Å². The van der Waals surface area contributed by atoms with Gasteiger partial charge in [0.15, 0.2) is 0 Å². The molecule has 1 heterocycles. The van der Waals surface area contributed by atoms with Gasteiger partial charge in [-0.05, 0) is 73.9 Å². The van der Waals surface area contributed by atoms with E-state index in [1.165, 1.54) is 6.07 Å². The minimum absolute atomic E-state index is 0.0699. The average Bonchev–Trinajstić information content (AvgIpc) is 3.25. The average molecular weight is 520 g/mol. The van der Waals surface area contributed by atoms with Gasteiger partial charge in [-0.25, -0.2) is 17.9 Å². The van der Waals surface area contributed by atoms with Crippen LogP contribution in [-0.2, 0) is 21.3 Å². The third-order valence-electron chi connectivity index (χ3n) is 6.05. The normalized spacial score (nSPS) is 12.2. The Morgan fingerprint density at radius 1 is 1.00 bits per heavy atom. The van der Waals surface area contributed by atoms with Crippen LogP contribution >= 0.6 is 0 Å². The van der Waals surface area contributed by atoms with Crippen LogP contribution in [0.25, 0.3) is 10.9 Å². The van der Waals surface area contributed by atoms with Gasteiger partial charge in [0.2, 0.25) is 0 Å². The zero-order chi connectivity index (χ0) is 26.6. The summed E-state index contributed by atoms with van der Waals surface area (Å²) < 4.78 is 34.8. The monoisotopic (exact) mass is 519 g/mol. The van der Waals surface area contributed by atoms with Gasteiger partial charge < -0.3 is 9.30 Å². The first-order valence-corrected chi connectivity index (χ1v) is 13.4. The third-order valence-corrected chi connectivity index (χ3v) is 7.54. The molecule has 9 heteroatoms. The highest BCUT2D eigenvalue weighted by atomic mass is 32.2. The maximum absolute atomic E-state index is 12.8. The predicted molar refractivity (Wildman–Crippen MR) is 143 cm³/mol. The number of nitrogens with zero attached hydrogens (tertiary/aromatic N) is 1. The molecule has 0 bridgehead atoms. The zero-order valence-corrected chi connectivity index (χ0v) is 21.7. The Morgan fingerprint density at radius 2 is 1.78 bits per heavy atom. The van der Waals surface area contributed by atoms with Gasteiger partial charge in [-0.3, -0.25) is 10.1 Å². The second kappa shape index (κ2) is 10.9. The lowest BCUT2D eigenvalue weighted by Crippen LogP contribution is -2.31. The van der Waals surface area contributed by atoms with Crippen molar-refractivity contribution in [2.45, 2.75) is 44.7 Å². The second-order valence-corrected chi connectivity index (χ2v) is 10.5. The van der Waals surface area contributed by atoms with Gasteiger partial charge in [0, 0.05) is 34.9 Å². The summed E-state index contributed by atoms with van der Waals surface area (Å²) in [4.78, 5) is 24.9. The van der Waals surface area contributed by atoms with E-state index < -0.39 is 22.0 Å². The highest BCUT2D eigenvalue weighted by Crippen LogP contribution is 2.21. The summed E-state index contributed by atoms with van der Waals surface area (Å²) in [7, 11) is -3.99. The maximum Gasteiger partial charge on any atom is 0.411 e. The maximum atomic E-state index is 12.8. The fourth-order valence-corrected chi connectivity index (χ4v) is 5.15. The molecule has 0 fully saturated rings. The van der Waals surface area contributed by atoms with E-state index in [1.807, 2.05) is 48.9 Å². The van der Waals surface area contributed by atoms with E-state index in [9.17, 15) is 18.0 Å². The molecule has 4 rings (SSSR count). The van der Waals surface area contributed by atoms with Crippen molar-refractivity contribution < 1.29 is 22.7 Å². The van der Waals surface area contributed by atoms with E-state index in [0.29, 0.717) is 17.8 Å². The standard InChI is InChI=1S/C28H29N3O5S/c1-4-20(3)36-28(33)29-24-10-7-9-21(16-24)18-31-15-14-22-17-23(12-13-25(22)31)27(32)30-37(34,35)26-11-6-5-8-19(26)2/h5-17,20H,4,18H2,1-3H3,(H,29,33)(H,30,32). The Morgan fingerprint density at radius 3 is 2.54 bits per heavy atom. The molecule has 192 valence electrons. The molecular weight excluding hydrogens is 490 g/mol. The molecule has 37 heavy (non-hydrogen) atoms. The first-order valence-electron chi connectivity index (χ1n) is 11.9. The molecule has 2 amide bonds. The van der Waals surface area contributed by atoms with Crippen LogP contribution in [0.15, 0.2) is 83.9 Å². The minimum Gasteiger partial charge on any atom is -0.446 e. The predicted octanol–water partition coefficient (Wildman–Crippen LogP) is 5.46. The number of benzene rings is 3. The van der Waals surface area contributed by atoms with Gasteiger partial charge >= 0.3 is 6.09 Å². The lowest BCUT2D eigenvalue weighted by Gasteiger charge is -2.13. The summed E-state index contributed by atoms with van der Waals surface area (Å²) in [5.41, 5.74) is 3.28. The highest BCUT2D eigenvalue weighted by Gasteiger charge is 2.20. The number of nitrogens with one attached hydrogen (secondary N) is 2. The molecule has 4 aromatic rings. The number of amides is 2. The van der Waals surface area contributed by atoms with Crippen molar-refractivity contribution in [2.24, 2.45) is 0 Å². The van der Waals surface area contributed by atoms with Gasteiger partial charge in [-0.1, -0.05) is 37.3 Å². The molecule has 8 nitrogen and oxygen atoms in total. The van der Waals surface area contributed by atoms with Crippen molar-refractivity contribution in [1.29, 1.82) is 0 Å². The number of anilines is 1. The van der Waals surface area contributed by atoms with E-state index in [-0.39, 0.29) is 16.6 Å². The third kappa shape index (κ3) is 6.18. The lowest BCUT2D eigenvalue weighted by molar-refractivity contribution is 0.0981. The van der Waals surface area contributed by atoms with Crippen molar-refractivity contribution in [3.8, 4) is 0 Å². The summed E-state index contributed by atoms with van der Waals surface area (Å²) in [5, 5.41) is 3.55. The SMILES string of the molecule is CCC(C)OC(=O)Nc1cccc(Cn2ccc3cc(C(=O)NS(=O)(=O)c4ccccc4C)ccc32)c1. The Bertz CT molecular complexity index is 1560. The fraction of sp³-hybridized carbons (Fsp3) is 0.214. The molecule has 0 aliphatic carbocycles. The minimum atomic E-state index is -3.99. The van der Waals surface area contributed by atoms with Gasteiger partial charge in [-0.2, -0.15) is 0 Å². The number of aromatic nitrogens is 1. The number of ether oxygens (including phenoxy) is 1. The van der Waals surface area contributed by atoms with Crippen LogP contribution in [0.5, 0.6) is 0 Å². The molecular formula is C28H29N3O5S. The summed E-state index contributed by atoms with van der Waals surface area (Å²) in [6.07, 6.45) is 1.98. The molecule has 0 aliphatic heterocycles. The smallest absolute Gasteiger partial charge is 0.411 e. The number of sulfonamides is 1. The molecule has 1 aromatic heterocycles. The van der Waals surface area contributed by atoms with Gasteiger partial charge in [0.25, 0.3) is 15.9 Å². The molecule has 3 aromatic carbocycles. The van der Waals surface area contributed by atoms with E-state index in [4.69, 9.17) is 4.74 Å². The Labute approximate surface area is 216 Å². The molecule has 0 aliphatic rings. The quantitative estimate of drug-likeness (QED) is 0.321. The lowest BCUT2D eigenvalue weighted by atomic mass is 10.1. The van der Waals surface area contributed by atoms with Crippen molar-refractivity contribution in [1.82, 2.24) is 9.29 Å². The van der Waals surface area contributed by atoms with Crippen LogP contribution < -0.4 is 10.0 Å². The number of hydrogen-bond acceptors (Lipinski definition) is 5. The summed E-state index contributed by atoms with van der Waals surface area (Å²) in [6.45, 7) is 6.00. The first kappa shape index (κ1) is 26.0. The number of hydrogen-bond donors (Lipinski definition) is 2. The Balaban J connectivity index is 1.48. The molecule has 0 radical (unpaired) electrons. The van der Waals surface area contributed by atoms with E-state index in [2.05, 4.69) is 10.0 Å². The number of carbonyl (C=O) groups is 2. The van der Waals surface area contributed by atoms with Crippen molar-refractivity contribution >= 4 is 38.6 Å². The van der Waals surface area contributed by atoms with Crippen LogP contribution in [0.4, 0.5) is 10.5 Å². The largest absolute Gasteiger partial charge is 0.446 e. The van der Waals surface area contributed by atoms with Gasteiger partial charge in [-0.15, -0.1) is 0 Å². The van der Waals surface area contributed by atoms with E-state index in [1.54, 1.807) is 49.4 Å². The number of aryl methyl sites for hydroxylation is 1. The summed E-state index contributed by atoms with van der Waals surface area (Å²) in [6, 6.07) is 20.9. The number of fused-ring (bicyclic) bond motifs is 1. The summed E-state index contributed by atoms with van der Waals surface area (Å²) >= 11 is 0. The topological polar surface area (TPSA) is 106 Å². The van der Waals surface area contributed by atoms with Gasteiger partial charge in [0.05, 0.1) is 4.90 Å². The van der Waals surface area contributed by atoms with E-state index >= 15 is 0 Å². The Kier molecular flexibility index (Phi) is 7.63. The van der Waals surface area contributed by atoms with Crippen LogP contribution in [0.1, 0.15) is 41.8 Å². The fourth-order valence-electron chi connectivity index (χ4n) is 3.93. The Hall–Kier alpha value is -4.11.